The Morgan fingerprint density at radius 3 is 1.98 bits per heavy atom. The van der Waals surface area contributed by atoms with Gasteiger partial charge in [0, 0.05) is 55.1 Å². The number of aromatic nitrogens is 1. The third kappa shape index (κ3) is 7.21. The van der Waals surface area contributed by atoms with E-state index in [0.29, 0.717) is 98.8 Å². The zero-order valence-corrected chi connectivity index (χ0v) is 28.8. The van der Waals surface area contributed by atoms with Gasteiger partial charge in [0.2, 0.25) is 17.7 Å². The Bertz CT molecular complexity index is 1990. The minimum Gasteiger partial charge on any atom is -0.495 e. The van der Waals surface area contributed by atoms with E-state index in [1.165, 1.54) is 24.3 Å². The van der Waals surface area contributed by atoms with E-state index in [9.17, 15) is 28.7 Å². The van der Waals surface area contributed by atoms with Crippen LogP contribution in [0.1, 0.15) is 38.5 Å². The van der Waals surface area contributed by atoms with Gasteiger partial charge in [-0.05, 0) is 105 Å². The lowest BCUT2D eigenvalue weighted by atomic mass is 9.92. The number of fused-ring (bicyclic) bond motifs is 1. The molecule has 1 saturated carbocycles. The topological polar surface area (TPSA) is 150 Å². The molecule has 0 atom stereocenters. The Morgan fingerprint density at radius 2 is 1.40 bits per heavy atom. The number of carbonyl (C=O) groups is 4. The van der Waals surface area contributed by atoms with Crippen LogP contribution in [-0.4, -0.2) is 72.0 Å². The molecule has 52 heavy (non-hydrogen) atoms. The molecule has 7 rings (SSSR count). The van der Waals surface area contributed by atoms with Gasteiger partial charge in [-0.3, -0.25) is 24.2 Å². The fourth-order valence-electron chi connectivity index (χ4n) is 7.06. The van der Waals surface area contributed by atoms with Crippen LogP contribution in [0.2, 0.25) is 0 Å². The van der Waals surface area contributed by atoms with Crippen LogP contribution >= 0.6 is 0 Å². The number of rotatable bonds is 10. The number of carboxylic acids is 1. The maximum Gasteiger partial charge on any atom is 0.306 e. The Balaban J connectivity index is 0.976. The number of carbonyl (C=O) groups excluding carboxylic acids is 3. The number of nitrogens with one attached hydrogen (secondary N) is 2. The number of methoxy groups -OCH3 is 1. The first-order valence-corrected chi connectivity index (χ1v) is 17.5. The standard InChI is InChI=1S/C39H40FN5O7/c1-51-34-22-30-31(23-32(34)44-18-11-24(12-19-44)35(46)45-20-13-25(14-21-45)36(47)48)41-17-10-33(30)52-29-8-6-28(7-9-29)43-38(50)39(15-16-39)37(49)42-27-4-2-26(40)3-5-27/h2-10,17,22-25H,11-16,18-21H2,1H3,(H,42,49)(H,43,50)(H,47,48). The SMILES string of the molecule is COc1cc2c(Oc3ccc(NC(=O)C4(C(=O)Nc5ccc(F)cc5)CC4)cc3)ccnc2cc1N1CCC(C(=O)N2CCC(C(=O)O)CC2)CC1. The van der Waals surface area contributed by atoms with Gasteiger partial charge in [0.25, 0.3) is 0 Å². The van der Waals surface area contributed by atoms with Gasteiger partial charge in [-0.25, -0.2) is 4.39 Å². The molecule has 3 amide bonds. The molecule has 0 bridgehead atoms. The van der Waals surface area contributed by atoms with Crippen molar-refractivity contribution in [2.75, 3.05) is 48.8 Å². The van der Waals surface area contributed by atoms with Gasteiger partial charge >= 0.3 is 5.97 Å². The van der Waals surface area contributed by atoms with Crippen molar-refractivity contribution in [1.29, 1.82) is 0 Å². The first kappa shape index (κ1) is 34.7. The van der Waals surface area contributed by atoms with E-state index in [4.69, 9.17) is 9.47 Å². The number of benzene rings is 3. The van der Waals surface area contributed by atoms with Crippen LogP contribution in [0, 0.1) is 23.1 Å². The van der Waals surface area contributed by atoms with E-state index in [-0.39, 0.29) is 17.7 Å². The van der Waals surface area contributed by atoms with Crippen molar-refractivity contribution >= 4 is 51.7 Å². The number of carboxylic acid groups (broad SMARTS) is 1. The van der Waals surface area contributed by atoms with E-state index < -0.39 is 29.0 Å². The molecule has 3 aliphatic rings. The minimum absolute atomic E-state index is 0.0935. The lowest BCUT2D eigenvalue weighted by molar-refractivity contribution is -0.147. The number of halogens is 1. The monoisotopic (exact) mass is 709 g/mol. The summed E-state index contributed by atoms with van der Waals surface area (Å²) in [6.07, 6.45) is 4.89. The molecule has 270 valence electrons. The fourth-order valence-corrected chi connectivity index (χ4v) is 7.06. The molecule has 0 spiro atoms. The summed E-state index contributed by atoms with van der Waals surface area (Å²) in [6.45, 7) is 2.33. The smallest absolute Gasteiger partial charge is 0.306 e. The number of hydrogen-bond donors (Lipinski definition) is 3. The first-order chi connectivity index (χ1) is 25.1. The van der Waals surface area contributed by atoms with Crippen molar-refractivity contribution in [3.05, 3.63) is 78.7 Å². The van der Waals surface area contributed by atoms with E-state index in [1.54, 1.807) is 43.6 Å². The summed E-state index contributed by atoms with van der Waals surface area (Å²) in [5.41, 5.74) is 1.36. The summed E-state index contributed by atoms with van der Waals surface area (Å²) < 4.78 is 25.3. The highest BCUT2D eigenvalue weighted by Crippen LogP contribution is 2.47. The Morgan fingerprint density at radius 1 is 0.808 bits per heavy atom. The molecule has 1 aliphatic carbocycles. The number of aliphatic carboxylic acids is 1. The summed E-state index contributed by atoms with van der Waals surface area (Å²) in [4.78, 5) is 59.2. The van der Waals surface area contributed by atoms with Crippen molar-refractivity contribution < 1.29 is 38.1 Å². The quantitative estimate of drug-likeness (QED) is 0.167. The van der Waals surface area contributed by atoms with E-state index in [0.717, 1.165) is 11.1 Å². The molecule has 3 heterocycles. The molecular formula is C39H40FN5O7. The fraction of sp³-hybridized carbons (Fsp3) is 0.359. The summed E-state index contributed by atoms with van der Waals surface area (Å²) in [5.74, 6) is -0.625. The van der Waals surface area contributed by atoms with E-state index in [1.807, 2.05) is 17.0 Å². The third-order valence-electron chi connectivity index (χ3n) is 10.4. The van der Waals surface area contributed by atoms with Gasteiger partial charge in [0.15, 0.2) is 0 Å². The second kappa shape index (κ2) is 14.5. The maximum atomic E-state index is 13.2. The molecule has 13 heteroatoms. The Labute approximate surface area is 299 Å². The predicted octanol–water partition coefficient (Wildman–Crippen LogP) is 6.07. The van der Waals surface area contributed by atoms with Crippen molar-refractivity contribution in [3.8, 4) is 17.2 Å². The lowest BCUT2D eigenvalue weighted by Gasteiger charge is -2.37. The van der Waals surface area contributed by atoms with Crippen molar-refractivity contribution in [2.45, 2.75) is 38.5 Å². The zero-order valence-electron chi connectivity index (χ0n) is 28.8. The molecule has 3 aromatic carbocycles. The van der Waals surface area contributed by atoms with Gasteiger partial charge < -0.3 is 35.0 Å². The number of amides is 3. The van der Waals surface area contributed by atoms with Gasteiger partial charge in [-0.2, -0.15) is 0 Å². The van der Waals surface area contributed by atoms with Crippen LogP contribution in [0.3, 0.4) is 0 Å². The molecule has 2 saturated heterocycles. The van der Waals surface area contributed by atoms with Gasteiger partial charge in [-0.15, -0.1) is 0 Å². The number of ether oxygens (including phenoxy) is 2. The Kier molecular flexibility index (Phi) is 9.67. The maximum absolute atomic E-state index is 13.2. The molecular weight excluding hydrogens is 669 g/mol. The molecule has 4 aromatic rings. The van der Waals surface area contributed by atoms with Crippen LogP contribution in [0.5, 0.6) is 17.2 Å². The summed E-state index contributed by atoms with van der Waals surface area (Å²) >= 11 is 0. The number of nitrogens with zero attached hydrogens (tertiary/aromatic N) is 3. The number of piperidine rings is 2. The summed E-state index contributed by atoms with van der Waals surface area (Å²) in [5, 5.41) is 15.6. The second-order valence-corrected chi connectivity index (χ2v) is 13.7. The number of anilines is 3. The third-order valence-corrected chi connectivity index (χ3v) is 10.4. The normalized spacial score (nSPS) is 17.3. The molecule has 0 radical (unpaired) electrons. The van der Waals surface area contributed by atoms with Crippen LogP contribution in [0.4, 0.5) is 21.5 Å². The minimum atomic E-state index is -1.17. The highest BCUT2D eigenvalue weighted by molar-refractivity contribution is 6.16. The molecule has 0 unspecified atom stereocenters. The number of likely N-dealkylation sites (tertiary alicyclic amines) is 1. The average molecular weight is 710 g/mol. The molecule has 12 nitrogen and oxygen atoms in total. The first-order valence-electron chi connectivity index (χ1n) is 17.5. The van der Waals surface area contributed by atoms with Gasteiger partial charge in [0.1, 0.15) is 28.5 Å². The van der Waals surface area contributed by atoms with Gasteiger partial charge in [-0.1, -0.05) is 0 Å². The van der Waals surface area contributed by atoms with Crippen molar-refractivity contribution in [2.24, 2.45) is 17.3 Å². The van der Waals surface area contributed by atoms with E-state index >= 15 is 0 Å². The lowest BCUT2D eigenvalue weighted by Crippen LogP contribution is -2.46. The highest BCUT2D eigenvalue weighted by Gasteiger charge is 2.56. The van der Waals surface area contributed by atoms with Crippen molar-refractivity contribution in [3.63, 3.8) is 0 Å². The molecule has 2 aliphatic heterocycles. The zero-order chi connectivity index (χ0) is 36.4. The summed E-state index contributed by atoms with van der Waals surface area (Å²) in [7, 11) is 1.61. The molecule has 3 fully saturated rings. The van der Waals surface area contributed by atoms with Crippen LogP contribution in [-0.2, 0) is 19.2 Å². The van der Waals surface area contributed by atoms with E-state index in [2.05, 4.69) is 20.5 Å². The average Bonchev–Trinajstić information content (AvgIpc) is 3.99. The van der Waals surface area contributed by atoms with Crippen LogP contribution < -0.4 is 25.0 Å². The predicted molar refractivity (Wildman–Crippen MR) is 192 cm³/mol. The summed E-state index contributed by atoms with van der Waals surface area (Å²) in [6, 6.07) is 17.9. The molecule has 1 aromatic heterocycles. The van der Waals surface area contributed by atoms with Crippen LogP contribution in [0.25, 0.3) is 10.9 Å². The number of pyridine rings is 1. The van der Waals surface area contributed by atoms with Gasteiger partial charge in [0.05, 0.1) is 24.2 Å². The largest absolute Gasteiger partial charge is 0.495 e. The highest BCUT2D eigenvalue weighted by atomic mass is 19.1. The Hall–Kier alpha value is -5.72. The van der Waals surface area contributed by atoms with Crippen LogP contribution in [0.15, 0.2) is 72.9 Å². The molecule has 3 N–H and O–H groups in total. The number of hydrogen-bond acceptors (Lipinski definition) is 8. The van der Waals surface area contributed by atoms with Crippen molar-refractivity contribution in [1.82, 2.24) is 9.88 Å². The second-order valence-electron chi connectivity index (χ2n) is 13.7.